The largest absolute Gasteiger partial charge is 0.437 e. The molecule has 1 aliphatic rings. The molecule has 1 rings (SSSR count). The van der Waals surface area contributed by atoms with Crippen LogP contribution in [0.25, 0.3) is 0 Å². The average molecular weight is 410 g/mol. The third-order valence-corrected chi connectivity index (χ3v) is 4.33. The zero-order valence-corrected chi connectivity index (χ0v) is 14.9. The van der Waals surface area contributed by atoms with E-state index in [0.717, 1.165) is 0 Å². The van der Waals surface area contributed by atoms with Crippen molar-refractivity contribution in [1.29, 1.82) is 0 Å². The van der Waals surface area contributed by atoms with E-state index in [-0.39, 0.29) is 6.42 Å². The van der Waals surface area contributed by atoms with Gasteiger partial charge in [0.25, 0.3) is 17.2 Å². The Morgan fingerprint density at radius 1 is 1.04 bits per heavy atom. The average Bonchev–Trinajstić information content (AvgIpc) is 2.71. The molecule has 1 heterocycles. The topological polar surface area (TPSA) is 217 Å². The van der Waals surface area contributed by atoms with Crippen molar-refractivity contribution in [3.05, 3.63) is 0 Å². The Hall–Kier alpha value is -1.84. The predicted octanol–water partition coefficient (Wildman–Crippen LogP) is -4.50. The van der Waals surface area contributed by atoms with Gasteiger partial charge in [0.15, 0.2) is 0 Å². The molecule has 6 N–H and O–H groups in total. The first-order valence-electron chi connectivity index (χ1n) is 8.11. The minimum atomic E-state index is -3.44. The molecule has 0 bridgehead atoms. The van der Waals surface area contributed by atoms with Gasteiger partial charge in [0.2, 0.25) is 17.2 Å². The standard InChI is InChI=1S/C15H22O13/c1-2-3-13(15(25,28-27-13)10(22)6-18)14(9(21)5-17,26-11(23)7-19)12(24)8(20)4-16/h10,16-19,22,25H,2-7H2,1H3/t10?,13-,14-,15+/m1/s1. The SMILES string of the molecule is CCC[C@]1([C@@](OC(=O)CO)(C(=O)CO)C(=O)C(=O)CO)OO[C@@]1(O)C(O)CO. The van der Waals surface area contributed by atoms with Crippen LogP contribution in [0.15, 0.2) is 0 Å². The molecule has 1 saturated heterocycles. The normalized spacial score (nSPS) is 27.2. The molecule has 1 aliphatic heterocycles. The number of carbonyl (C=O) groups excluding carboxylic acids is 4. The smallest absolute Gasteiger partial charge is 0.333 e. The number of esters is 1. The minimum Gasteiger partial charge on any atom is -0.437 e. The number of aliphatic hydroxyl groups excluding tert-OH is 5. The van der Waals surface area contributed by atoms with Crippen LogP contribution in [0.3, 0.4) is 0 Å². The molecule has 0 aromatic carbocycles. The molecule has 0 radical (unpaired) electrons. The van der Waals surface area contributed by atoms with Gasteiger partial charge in [-0.3, -0.25) is 14.4 Å². The van der Waals surface area contributed by atoms with E-state index in [9.17, 15) is 39.6 Å². The predicted molar refractivity (Wildman–Crippen MR) is 83.0 cm³/mol. The monoisotopic (exact) mass is 410 g/mol. The van der Waals surface area contributed by atoms with E-state index in [1.807, 2.05) is 0 Å². The maximum absolute atomic E-state index is 12.8. The fourth-order valence-electron chi connectivity index (χ4n) is 3.04. The van der Waals surface area contributed by atoms with Crippen molar-refractivity contribution in [2.24, 2.45) is 0 Å². The molecular formula is C15H22O13. The molecule has 0 saturated carbocycles. The van der Waals surface area contributed by atoms with Crippen molar-refractivity contribution in [2.45, 2.75) is 42.9 Å². The number of rotatable bonds is 12. The first kappa shape index (κ1) is 24.2. The molecule has 13 nitrogen and oxygen atoms in total. The number of Topliss-reactive ketones (excluding diaryl/α,β-unsaturated/α-hetero) is 3. The number of hydrogen-bond donors (Lipinski definition) is 6. The lowest BCUT2D eigenvalue weighted by molar-refractivity contribution is -0.631. The first-order chi connectivity index (χ1) is 13.1. The fourth-order valence-corrected chi connectivity index (χ4v) is 3.04. The summed E-state index contributed by atoms with van der Waals surface area (Å²) in [5, 5.41) is 57.3. The van der Waals surface area contributed by atoms with Crippen LogP contribution in [0, 0.1) is 0 Å². The molecule has 1 unspecified atom stereocenters. The van der Waals surface area contributed by atoms with E-state index in [2.05, 4.69) is 4.89 Å². The number of aliphatic hydroxyl groups is 6. The Morgan fingerprint density at radius 2 is 1.64 bits per heavy atom. The summed E-state index contributed by atoms with van der Waals surface area (Å²) in [5.74, 6) is -9.92. The Bertz CT molecular complexity index is 633. The number of carbonyl (C=O) groups is 4. The van der Waals surface area contributed by atoms with E-state index in [1.165, 1.54) is 6.92 Å². The quantitative estimate of drug-likeness (QED) is 0.0774. The molecule has 0 spiro atoms. The highest BCUT2D eigenvalue weighted by Crippen LogP contribution is 2.53. The van der Waals surface area contributed by atoms with E-state index in [4.69, 9.17) is 19.8 Å². The Kier molecular flexibility index (Phi) is 7.87. The van der Waals surface area contributed by atoms with Gasteiger partial charge < -0.3 is 35.4 Å². The molecule has 0 aliphatic carbocycles. The molecule has 4 atom stereocenters. The second-order valence-electron chi connectivity index (χ2n) is 5.94. The highest BCUT2D eigenvalue weighted by atomic mass is 17.3. The van der Waals surface area contributed by atoms with Crippen molar-refractivity contribution >= 4 is 23.3 Å². The van der Waals surface area contributed by atoms with Crippen molar-refractivity contribution in [3.63, 3.8) is 0 Å². The molecule has 1 fully saturated rings. The van der Waals surface area contributed by atoms with Crippen LogP contribution in [0.5, 0.6) is 0 Å². The minimum absolute atomic E-state index is 0.0262. The summed E-state index contributed by atoms with van der Waals surface area (Å²) in [7, 11) is 0. The first-order valence-corrected chi connectivity index (χ1v) is 8.11. The van der Waals surface area contributed by atoms with Crippen LogP contribution in [-0.4, -0.2) is 103 Å². The van der Waals surface area contributed by atoms with E-state index in [0.29, 0.717) is 0 Å². The zero-order chi connectivity index (χ0) is 21.8. The third-order valence-electron chi connectivity index (χ3n) is 4.33. The van der Waals surface area contributed by atoms with Gasteiger partial charge >= 0.3 is 5.97 Å². The van der Waals surface area contributed by atoms with Gasteiger partial charge in [0, 0.05) is 0 Å². The molecule has 0 aromatic heterocycles. The summed E-state index contributed by atoms with van der Waals surface area (Å²) in [6.07, 6.45) is -2.82. The molecule has 0 amide bonds. The van der Waals surface area contributed by atoms with Crippen LogP contribution < -0.4 is 0 Å². The summed E-state index contributed by atoms with van der Waals surface area (Å²) in [4.78, 5) is 58.3. The van der Waals surface area contributed by atoms with Gasteiger partial charge in [-0.1, -0.05) is 13.3 Å². The molecule has 13 heteroatoms. The van der Waals surface area contributed by atoms with Gasteiger partial charge in [-0.15, -0.1) is 0 Å². The van der Waals surface area contributed by atoms with Crippen LogP contribution in [0.2, 0.25) is 0 Å². The summed E-state index contributed by atoms with van der Waals surface area (Å²) in [6.45, 7) is -4.06. The van der Waals surface area contributed by atoms with Crippen LogP contribution in [0.4, 0.5) is 0 Å². The highest BCUT2D eigenvalue weighted by Gasteiger charge is 2.82. The third kappa shape index (κ3) is 3.35. The summed E-state index contributed by atoms with van der Waals surface area (Å²) in [6, 6.07) is 0. The van der Waals surface area contributed by atoms with Crippen molar-refractivity contribution < 1.29 is 64.3 Å². The zero-order valence-electron chi connectivity index (χ0n) is 14.9. The maximum atomic E-state index is 12.8. The van der Waals surface area contributed by atoms with Crippen molar-refractivity contribution in [3.8, 4) is 0 Å². The lowest BCUT2D eigenvalue weighted by atomic mass is 9.65. The summed E-state index contributed by atoms with van der Waals surface area (Å²) >= 11 is 0. The molecule has 0 aromatic rings. The van der Waals surface area contributed by atoms with Gasteiger partial charge in [-0.25, -0.2) is 9.68 Å². The Morgan fingerprint density at radius 3 is 2.00 bits per heavy atom. The number of ether oxygens (including phenoxy) is 1. The fraction of sp³-hybridized carbons (Fsp3) is 0.733. The van der Waals surface area contributed by atoms with Crippen LogP contribution in [-0.2, 0) is 33.7 Å². The van der Waals surface area contributed by atoms with Crippen LogP contribution >= 0.6 is 0 Å². The summed E-state index contributed by atoms with van der Waals surface area (Å²) < 4.78 is 4.74. The second-order valence-corrected chi connectivity index (χ2v) is 5.94. The van der Waals surface area contributed by atoms with Gasteiger partial charge in [0.1, 0.15) is 25.9 Å². The summed E-state index contributed by atoms with van der Waals surface area (Å²) in [5.41, 5.74) is -6.25. The highest BCUT2D eigenvalue weighted by molar-refractivity contribution is 6.46. The lowest BCUT2D eigenvalue weighted by Crippen LogP contribution is -2.86. The molecule has 28 heavy (non-hydrogen) atoms. The lowest BCUT2D eigenvalue weighted by Gasteiger charge is -2.59. The molecular weight excluding hydrogens is 388 g/mol. The Labute approximate surface area is 158 Å². The van der Waals surface area contributed by atoms with Gasteiger partial charge in [-0.05, 0) is 6.42 Å². The second kappa shape index (κ2) is 9.11. The number of ketones is 3. The van der Waals surface area contributed by atoms with E-state index < -0.39 is 79.3 Å². The Balaban J connectivity index is 3.87. The molecule has 160 valence electrons. The van der Waals surface area contributed by atoms with Crippen molar-refractivity contribution in [1.82, 2.24) is 0 Å². The van der Waals surface area contributed by atoms with E-state index in [1.54, 1.807) is 0 Å². The van der Waals surface area contributed by atoms with Crippen LogP contribution in [0.1, 0.15) is 19.8 Å². The van der Waals surface area contributed by atoms with Gasteiger partial charge in [0.05, 0.1) is 6.61 Å². The van der Waals surface area contributed by atoms with Gasteiger partial charge in [-0.2, -0.15) is 4.89 Å². The van der Waals surface area contributed by atoms with E-state index >= 15 is 0 Å². The van der Waals surface area contributed by atoms with Crippen molar-refractivity contribution in [2.75, 3.05) is 26.4 Å². The maximum Gasteiger partial charge on any atom is 0.333 e. The number of hydrogen-bond acceptors (Lipinski definition) is 13.